The molecule has 0 fully saturated rings. The second kappa shape index (κ2) is 3.65. The van der Waals surface area contributed by atoms with Gasteiger partial charge in [-0.1, -0.05) is 18.2 Å². The summed E-state index contributed by atoms with van der Waals surface area (Å²) in [5.74, 6) is -1.51. The lowest BCUT2D eigenvalue weighted by molar-refractivity contribution is -0.138. The number of nitrogens with zero attached hydrogens (tertiary/aromatic N) is 2. The number of carbonyl (C=O) groups is 1. The van der Waals surface area contributed by atoms with Crippen molar-refractivity contribution in [2.75, 3.05) is 0 Å². The Morgan fingerprint density at radius 3 is 2.80 bits per heavy atom. The zero-order valence-corrected chi connectivity index (χ0v) is 8.21. The minimum absolute atomic E-state index is 0.487. The Labute approximate surface area is 86.6 Å². The van der Waals surface area contributed by atoms with Crippen LogP contribution in [0.3, 0.4) is 0 Å². The van der Waals surface area contributed by atoms with Crippen molar-refractivity contribution >= 4 is 16.9 Å². The smallest absolute Gasteiger partial charge is 0.312 e. The average Bonchev–Trinajstić information content (AvgIpc) is 2.27. The standard InChI is InChI=1S/C11H10N2O2/c1-7(11(14)15)10-6-8-4-2-3-5-9(8)12-13-10/h2-7H,1H3,(H,14,15). The number of carboxylic acids is 1. The van der Waals surface area contributed by atoms with Gasteiger partial charge >= 0.3 is 5.97 Å². The van der Waals surface area contributed by atoms with E-state index in [0.29, 0.717) is 5.69 Å². The Morgan fingerprint density at radius 2 is 2.07 bits per heavy atom. The third kappa shape index (κ3) is 1.79. The Hall–Kier alpha value is -1.97. The zero-order chi connectivity index (χ0) is 10.8. The van der Waals surface area contributed by atoms with Gasteiger partial charge in [0.2, 0.25) is 0 Å². The highest BCUT2D eigenvalue weighted by Gasteiger charge is 2.15. The molecule has 0 radical (unpaired) electrons. The highest BCUT2D eigenvalue weighted by molar-refractivity contribution is 5.80. The first-order chi connectivity index (χ1) is 7.18. The molecular weight excluding hydrogens is 192 g/mol. The maximum absolute atomic E-state index is 10.8. The Kier molecular flexibility index (Phi) is 2.33. The summed E-state index contributed by atoms with van der Waals surface area (Å²) in [4.78, 5) is 10.8. The van der Waals surface area contributed by atoms with Crippen LogP contribution in [0.15, 0.2) is 30.3 Å². The van der Waals surface area contributed by atoms with Crippen LogP contribution in [-0.2, 0) is 4.79 Å². The lowest BCUT2D eigenvalue weighted by Crippen LogP contribution is -2.09. The number of aromatic nitrogens is 2. The second-order valence-electron chi connectivity index (χ2n) is 3.39. The predicted octanol–water partition coefficient (Wildman–Crippen LogP) is 1.82. The van der Waals surface area contributed by atoms with E-state index in [0.717, 1.165) is 10.9 Å². The van der Waals surface area contributed by atoms with Crippen molar-refractivity contribution in [3.8, 4) is 0 Å². The van der Waals surface area contributed by atoms with Crippen LogP contribution in [0.25, 0.3) is 10.9 Å². The van der Waals surface area contributed by atoms with Gasteiger partial charge in [0.25, 0.3) is 0 Å². The van der Waals surface area contributed by atoms with Crippen molar-refractivity contribution in [1.29, 1.82) is 0 Å². The van der Waals surface area contributed by atoms with Crippen molar-refractivity contribution < 1.29 is 9.90 Å². The number of aliphatic carboxylic acids is 1. The third-order valence-electron chi connectivity index (χ3n) is 2.33. The summed E-state index contributed by atoms with van der Waals surface area (Å²) >= 11 is 0. The Bertz CT molecular complexity index is 511. The maximum atomic E-state index is 10.8. The molecule has 76 valence electrons. The molecule has 4 nitrogen and oxygen atoms in total. The molecule has 0 spiro atoms. The number of carboxylic acid groups (broad SMARTS) is 1. The molecule has 0 aliphatic carbocycles. The Morgan fingerprint density at radius 1 is 1.33 bits per heavy atom. The van der Waals surface area contributed by atoms with Gasteiger partial charge in [-0.15, -0.1) is 0 Å². The largest absolute Gasteiger partial charge is 0.481 e. The van der Waals surface area contributed by atoms with Crippen LogP contribution in [0.5, 0.6) is 0 Å². The lowest BCUT2D eigenvalue weighted by Gasteiger charge is -2.05. The first kappa shape index (κ1) is 9.58. The molecule has 1 N–H and O–H groups in total. The molecule has 0 aliphatic rings. The van der Waals surface area contributed by atoms with Gasteiger partial charge in [-0.05, 0) is 19.1 Å². The number of rotatable bonds is 2. The molecule has 1 aromatic carbocycles. The molecule has 0 bridgehead atoms. The van der Waals surface area contributed by atoms with Crippen LogP contribution in [0.1, 0.15) is 18.5 Å². The fraction of sp³-hybridized carbons (Fsp3) is 0.182. The molecule has 2 rings (SSSR count). The zero-order valence-electron chi connectivity index (χ0n) is 8.21. The van der Waals surface area contributed by atoms with Crippen LogP contribution in [0.4, 0.5) is 0 Å². The fourth-order valence-corrected chi connectivity index (χ4v) is 1.34. The lowest BCUT2D eigenvalue weighted by atomic mass is 10.1. The van der Waals surface area contributed by atoms with E-state index in [1.165, 1.54) is 0 Å². The van der Waals surface area contributed by atoms with Gasteiger partial charge in [0.15, 0.2) is 0 Å². The van der Waals surface area contributed by atoms with Gasteiger partial charge < -0.3 is 5.11 Å². The molecule has 0 amide bonds. The molecular formula is C11H10N2O2. The van der Waals surface area contributed by atoms with Crippen LogP contribution >= 0.6 is 0 Å². The van der Waals surface area contributed by atoms with Gasteiger partial charge in [0.05, 0.1) is 17.1 Å². The van der Waals surface area contributed by atoms with Crippen LogP contribution in [0, 0.1) is 0 Å². The topological polar surface area (TPSA) is 63.1 Å². The molecule has 1 heterocycles. The average molecular weight is 202 g/mol. The minimum Gasteiger partial charge on any atom is -0.481 e. The predicted molar refractivity (Wildman–Crippen MR) is 55.6 cm³/mol. The van der Waals surface area contributed by atoms with Crippen molar-refractivity contribution in [1.82, 2.24) is 10.2 Å². The van der Waals surface area contributed by atoms with Gasteiger partial charge in [-0.25, -0.2) is 0 Å². The van der Waals surface area contributed by atoms with E-state index in [1.54, 1.807) is 13.0 Å². The summed E-state index contributed by atoms with van der Waals surface area (Å²) < 4.78 is 0. The molecule has 4 heteroatoms. The van der Waals surface area contributed by atoms with Gasteiger partial charge in [-0.2, -0.15) is 10.2 Å². The first-order valence-electron chi connectivity index (χ1n) is 4.63. The van der Waals surface area contributed by atoms with E-state index in [1.807, 2.05) is 24.3 Å². The fourth-order valence-electron chi connectivity index (χ4n) is 1.34. The highest BCUT2D eigenvalue weighted by Crippen LogP contribution is 2.17. The molecule has 1 aromatic heterocycles. The van der Waals surface area contributed by atoms with E-state index < -0.39 is 11.9 Å². The van der Waals surface area contributed by atoms with Gasteiger partial charge in [0, 0.05) is 5.39 Å². The minimum atomic E-state index is -0.889. The van der Waals surface area contributed by atoms with Gasteiger partial charge in [0.1, 0.15) is 0 Å². The Balaban J connectivity index is 2.51. The van der Waals surface area contributed by atoms with Crippen molar-refractivity contribution in [2.24, 2.45) is 0 Å². The third-order valence-corrected chi connectivity index (χ3v) is 2.33. The van der Waals surface area contributed by atoms with Crippen LogP contribution in [-0.4, -0.2) is 21.3 Å². The highest BCUT2D eigenvalue weighted by atomic mass is 16.4. The summed E-state index contributed by atoms with van der Waals surface area (Å²) in [6.45, 7) is 1.60. The maximum Gasteiger partial charge on any atom is 0.312 e. The number of hydrogen-bond acceptors (Lipinski definition) is 3. The normalized spacial score (nSPS) is 12.6. The van der Waals surface area contributed by atoms with E-state index in [9.17, 15) is 4.79 Å². The molecule has 0 aliphatic heterocycles. The molecule has 0 saturated carbocycles. The van der Waals surface area contributed by atoms with Crippen molar-refractivity contribution in [3.63, 3.8) is 0 Å². The van der Waals surface area contributed by atoms with E-state index in [2.05, 4.69) is 10.2 Å². The van der Waals surface area contributed by atoms with Crippen LogP contribution in [0.2, 0.25) is 0 Å². The summed E-state index contributed by atoms with van der Waals surface area (Å²) in [6, 6.07) is 9.26. The summed E-state index contributed by atoms with van der Waals surface area (Å²) in [6.07, 6.45) is 0. The molecule has 1 atom stereocenters. The molecule has 2 aromatic rings. The summed E-state index contributed by atoms with van der Waals surface area (Å²) in [5, 5.41) is 17.6. The summed E-state index contributed by atoms with van der Waals surface area (Å²) in [5.41, 5.74) is 1.26. The summed E-state index contributed by atoms with van der Waals surface area (Å²) in [7, 11) is 0. The SMILES string of the molecule is CC(C(=O)O)c1cc2ccccc2nn1. The number of hydrogen-bond donors (Lipinski definition) is 1. The van der Waals surface area contributed by atoms with Gasteiger partial charge in [-0.3, -0.25) is 4.79 Å². The van der Waals surface area contributed by atoms with E-state index >= 15 is 0 Å². The molecule has 1 unspecified atom stereocenters. The van der Waals surface area contributed by atoms with Crippen molar-refractivity contribution in [3.05, 3.63) is 36.0 Å². The number of benzene rings is 1. The molecule has 0 saturated heterocycles. The van der Waals surface area contributed by atoms with E-state index in [-0.39, 0.29) is 0 Å². The quantitative estimate of drug-likeness (QED) is 0.806. The second-order valence-corrected chi connectivity index (χ2v) is 3.39. The molecule has 15 heavy (non-hydrogen) atoms. The monoisotopic (exact) mass is 202 g/mol. The van der Waals surface area contributed by atoms with Crippen LogP contribution < -0.4 is 0 Å². The number of fused-ring (bicyclic) bond motifs is 1. The van der Waals surface area contributed by atoms with E-state index in [4.69, 9.17) is 5.11 Å². The van der Waals surface area contributed by atoms with Crippen molar-refractivity contribution in [2.45, 2.75) is 12.8 Å². The first-order valence-corrected chi connectivity index (χ1v) is 4.63.